The fourth-order valence-corrected chi connectivity index (χ4v) is 1.64. The van der Waals surface area contributed by atoms with Crippen molar-refractivity contribution in [3.05, 3.63) is 36.4 Å². The highest BCUT2D eigenvalue weighted by Gasteiger charge is 2.17. The minimum atomic E-state index is -0.736. The Morgan fingerprint density at radius 2 is 1.91 bits per heavy atom. The molecule has 0 fully saturated rings. The SMILES string of the molecule is CC(C)(C)OC(=O)Nc1ccc(-c2ncc(O)cn2)cc1F. The minimum absolute atomic E-state index is 0.00298. The van der Waals surface area contributed by atoms with Crippen LogP contribution >= 0.6 is 0 Å². The van der Waals surface area contributed by atoms with E-state index in [4.69, 9.17) is 9.84 Å². The molecule has 2 N–H and O–H groups in total. The highest BCUT2D eigenvalue weighted by Crippen LogP contribution is 2.23. The normalized spacial score (nSPS) is 11.1. The van der Waals surface area contributed by atoms with Gasteiger partial charge in [0.2, 0.25) is 0 Å². The summed E-state index contributed by atoms with van der Waals surface area (Å²) in [6.45, 7) is 5.15. The number of aromatic hydroxyl groups is 1. The fraction of sp³-hybridized carbons (Fsp3) is 0.267. The summed E-state index contributed by atoms with van der Waals surface area (Å²) in [5.41, 5.74) is -0.246. The van der Waals surface area contributed by atoms with Crippen LogP contribution in [0.1, 0.15) is 20.8 Å². The van der Waals surface area contributed by atoms with Crippen molar-refractivity contribution in [2.75, 3.05) is 5.32 Å². The lowest BCUT2D eigenvalue weighted by Crippen LogP contribution is -2.27. The van der Waals surface area contributed by atoms with Gasteiger partial charge in [-0.15, -0.1) is 0 Å². The largest absolute Gasteiger partial charge is 0.505 e. The van der Waals surface area contributed by atoms with Crippen LogP contribution in [0.25, 0.3) is 11.4 Å². The molecule has 2 aromatic rings. The zero-order valence-corrected chi connectivity index (χ0v) is 12.4. The van der Waals surface area contributed by atoms with E-state index in [2.05, 4.69) is 15.3 Å². The van der Waals surface area contributed by atoms with Crippen molar-refractivity contribution in [2.45, 2.75) is 26.4 Å². The molecule has 7 heteroatoms. The molecule has 0 unspecified atom stereocenters. The van der Waals surface area contributed by atoms with Gasteiger partial charge in [0.05, 0.1) is 18.1 Å². The van der Waals surface area contributed by atoms with Crippen LogP contribution in [-0.2, 0) is 4.74 Å². The number of amides is 1. The third-order valence-electron chi connectivity index (χ3n) is 2.50. The lowest BCUT2D eigenvalue weighted by molar-refractivity contribution is 0.0635. The molecular formula is C15H16FN3O3. The van der Waals surface area contributed by atoms with Gasteiger partial charge < -0.3 is 9.84 Å². The number of anilines is 1. The lowest BCUT2D eigenvalue weighted by atomic mass is 10.2. The second kappa shape index (κ2) is 5.97. The van der Waals surface area contributed by atoms with E-state index >= 15 is 0 Å². The molecule has 1 heterocycles. The summed E-state index contributed by atoms with van der Waals surface area (Å²) in [7, 11) is 0. The van der Waals surface area contributed by atoms with Crippen LogP contribution in [0, 0.1) is 5.82 Å². The molecule has 0 atom stereocenters. The van der Waals surface area contributed by atoms with Gasteiger partial charge in [-0.2, -0.15) is 0 Å². The van der Waals surface area contributed by atoms with Crippen molar-refractivity contribution >= 4 is 11.8 Å². The molecule has 1 aromatic heterocycles. The Morgan fingerprint density at radius 1 is 1.27 bits per heavy atom. The van der Waals surface area contributed by atoms with Crippen molar-refractivity contribution in [3.8, 4) is 17.1 Å². The van der Waals surface area contributed by atoms with Crippen LogP contribution in [-0.4, -0.2) is 26.8 Å². The number of aromatic nitrogens is 2. The van der Waals surface area contributed by atoms with Crippen molar-refractivity contribution in [2.24, 2.45) is 0 Å². The van der Waals surface area contributed by atoms with Gasteiger partial charge in [0.15, 0.2) is 11.6 Å². The summed E-state index contributed by atoms with van der Waals surface area (Å²) < 4.78 is 19.1. The summed E-state index contributed by atoms with van der Waals surface area (Å²) in [5, 5.41) is 11.5. The number of ether oxygens (including phenoxy) is 1. The van der Waals surface area contributed by atoms with Crippen LogP contribution in [0.5, 0.6) is 5.75 Å². The Bertz CT molecular complexity index is 681. The van der Waals surface area contributed by atoms with Gasteiger partial charge in [0.1, 0.15) is 11.4 Å². The lowest BCUT2D eigenvalue weighted by Gasteiger charge is -2.19. The number of benzene rings is 1. The van der Waals surface area contributed by atoms with Crippen molar-refractivity contribution in [1.29, 1.82) is 0 Å². The third kappa shape index (κ3) is 4.15. The smallest absolute Gasteiger partial charge is 0.412 e. The van der Waals surface area contributed by atoms with Crippen LogP contribution < -0.4 is 5.32 Å². The Kier molecular flexibility index (Phi) is 4.25. The van der Waals surface area contributed by atoms with Crippen LogP contribution in [0.4, 0.5) is 14.9 Å². The number of hydrogen-bond donors (Lipinski definition) is 2. The molecule has 1 amide bonds. The van der Waals surface area contributed by atoms with Gasteiger partial charge >= 0.3 is 6.09 Å². The highest BCUT2D eigenvalue weighted by molar-refractivity contribution is 5.85. The second-order valence-electron chi connectivity index (χ2n) is 5.59. The maximum Gasteiger partial charge on any atom is 0.412 e. The molecule has 0 aliphatic heterocycles. The van der Waals surface area contributed by atoms with Gasteiger partial charge in [0, 0.05) is 5.56 Å². The average molecular weight is 305 g/mol. The first-order valence-corrected chi connectivity index (χ1v) is 6.55. The van der Waals surface area contributed by atoms with Gasteiger partial charge in [-0.3, -0.25) is 5.32 Å². The molecule has 0 radical (unpaired) electrons. The van der Waals surface area contributed by atoms with Crippen molar-refractivity contribution < 1.29 is 19.0 Å². The minimum Gasteiger partial charge on any atom is -0.505 e. The average Bonchev–Trinajstić information content (AvgIpc) is 2.40. The zero-order valence-electron chi connectivity index (χ0n) is 12.4. The predicted molar refractivity (Wildman–Crippen MR) is 78.9 cm³/mol. The van der Waals surface area contributed by atoms with E-state index in [9.17, 15) is 9.18 Å². The maximum absolute atomic E-state index is 14.0. The number of nitrogens with zero attached hydrogens (tertiary/aromatic N) is 2. The third-order valence-corrected chi connectivity index (χ3v) is 2.50. The molecule has 0 aliphatic carbocycles. The molecular weight excluding hydrogens is 289 g/mol. The summed E-state index contributed by atoms with van der Waals surface area (Å²) in [6.07, 6.45) is 1.69. The van der Waals surface area contributed by atoms with Gasteiger partial charge in [-0.1, -0.05) is 0 Å². The van der Waals surface area contributed by atoms with E-state index in [0.717, 1.165) is 0 Å². The number of halogens is 1. The number of rotatable bonds is 2. The fourth-order valence-electron chi connectivity index (χ4n) is 1.64. The topological polar surface area (TPSA) is 84.3 Å². The first-order valence-electron chi connectivity index (χ1n) is 6.55. The first kappa shape index (κ1) is 15.7. The molecule has 0 saturated carbocycles. The zero-order chi connectivity index (χ0) is 16.3. The number of nitrogens with one attached hydrogen (secondary N) is 1. The Labute approximate surface area is 127 Å². The summed E-state index contributed by atoms with van der Waals surface area (Å²) in [5.74, 6) is -0.451. The molecule has 6 nitrogen and oxygen atoms in total. The van der Waals surface area contributed by atoms with E-state index in [1.54, 1.807) is 26.8 Å². The summed E-state index contributed by atoms with van der Waals surface area (Å²) in [6, 6.07) is 4.14. The molecule has 0 spiro atoms. The quantitative estimate of drug-likeness (QED) is 0.889. The second-order valence-corrected chi connectivity index (χ2v) is 5.59. The molecule has 116 valence electrons. The van der Waals surface area contributed by atoms with Crippen molar-refractivity contribution in [1.82, 2.24) is 9.97 Å². The van der Waals surface area contributed by atoms with E-state index in [1.807, 2.05) is 0 Å². The Morgan fingerprint density at radius 3 is 2.45 bits per heavy atom. The number of carbonyl (C=O) groups excluding carboxylic acids is 1. The van der Waals surface area contributed by atoms with Crippen LogP contribution in [0.2, 0.25) is 0 Å². The maximum atomic E-state index is 14.0. The summed E-state index contributed by atoms with van der Waals surface area (Å²) >= 11 is 0. The van der Waals surface area contributed by atoms with Gasteiger partial charge in [-0.05, 0) is 39.0 Å². The Hall–Kier alpha value is -2.70. The van der Waals surface area contributed by atoms with Gasteiger partial charge in [0.25, 0.3) is 0 Å². The molecule has 22 heavy (non-hydrogen) atoms. The standard InChI is InChI=1S/C15H16FN3O3/c1-15(2,3)22-14(21)19-12-5-4-9(6-11(12)16)13-17-7-10(20)8-18-13/h4-8,20H,1-3H3,(H,19,21). The van der Waals surface area contributed by atoms with E-state index in [-0.39, 0.29) is 17.3 Å². The summed E-state index contributed by atoms with van der Waals surface area (Å²) in [4.78, 5) is 19.4. The van der Waals surface area contributed by atoms with E-state index < -0.39 is 17.5 Å². The van der Waals surface area contributed by atoms with Gasteiger partial charge in [-0.25, -0.2) is 19.2 Å². The number of carbonyl (C=O) groups is 1. The molecule has 1 aromatic carbocycles. The molecule has 0 bridgehead atoms. The van der Waals surface area contributed by atoms with Crippen LogP contribution in [0.15, 0.2) is 30.6 Å². The monoisotopic (exact) mass is 305 g/mol. The first-order chi connectivity index (χ1) is 10.2. The Balaban J connectivity index is 2.16. The van der Waals surface area contributed by atoms with Crippen molar-refractivity contribution in [3.63, 3.8) is 0 Å². The predicted octanol–water partition coefficient (Wildman–Crippen LogP) is 3.34. The van der Waals surface area contributed by atoms with Crippen LogP contribution in [0.3, 0.4) is 0 Å². The van der Waals surface area contributed by atoms with E-state index in [0.29, 0.717) is 5.56 Å². The van der Waals surface area contributed by atoms with E-state index in [1.165, 1.54) is 24.5 Å². The molecule has 0 saturated heterocycles. The molecule has 2 rings (SSSR count). The molecule has 0 aliphatic rings. The highest BCUT2D eigenvalue weighted by atomic mass is 19.1. The number of hydrogen-bond acceptors (Lipinski definition) is 5.